The number of hydrogen-bond donors (Lipinski definition) is 1. The zero-order valence-electron chi connectivity index (χ0n) is 9.15. The molecule has 17 heavy (non-hydrogen) atoms. The topological polar surface area (TPSA) is 66.0 Å². The third-order valence-corrected chi connectivity index (χ3v) is 2.27. The fourth-order valence-electron chi connectivity index (χ4n) is 1.30. The maximum Gasteiger partial charge on any atom is 0.408 e. The van der Waals surface area contributed by atoms with Gasteiger partial charge >= 0.3 is 6.18 Å². The van der Waals surface area contributed by atoms with Crippen molar-refractivity contribution in [2.75, 3.05) is 7.11 Å². The summed E-state index contributed by atoms with van der Waals surface area (Å²) < 4.78 is 42.6. The third-order valence-electron chi connectivity index (χ3n) is 2.07. The van der Waals surface area contributed by atoms with Gasteiger partial charge in [-0.05, 0) is 6.92 Å². The lowest BCUT2D eigenvalue weighted by molar-refractivity contribution is -0.143. The van der Waals surface area contributed by atoms with Gasteiger partial charge in [-0.15, -0.1) is 5.10 Å². The Morgan fingerprint density at radius 3 is 2.59 bits per heavy atom. The zero-order chi connectivity index (χ0) is 13.2. The van der Waals surface area contributed by atoms with Crippen molar-refractivity contribution in [1.82, 2.24) is 15.0 Å². The molecule has 0 aromatic carbocycles. The van der Waals surface area contributed by atoms with Gasteiger partial charge in [0, 0.05) is 7.11 Å². The van der Waals surface area contributed by atoms with Gasteiger partial charge in [-0.1, -0.05) is 17.4 Å². The smallest absolute Gasteiger partial charge is 0.388 e. The Balaban J connectivity index is 3.18. The molecule has 1 heterocycles. The Kier molecular flexibility index (Phi) is 4.04. The molecule has 0 aliphatic heterocycles. The van der Waals surface area contributed by atoms with Gasteiger partial charge in [0.15, 0.2) is 0 Å². The SMILES string of the molecule is COC(C)c1c(C(N)=S)nnn1CC(F)(F)F. The zero-order valence-corrected chi connectivity index (χ0v) is 9.97. The molecule has 9 heteroatoms. The van der Waals surface area contributed by atoms with Gasteiger partial charge < -0.3 is 10.5 Å². The van der Waals surface area contributed by atoms with E-state index in [0.717, 1.165) is 0 Å². The Morgan fingerprint density at radius 2 is 2.18 bits per heavy atom. The van der Waals surface area contributed by atoms with Crippen molar-refractivity contribution in [2.45, 2.75) is 25.7 Å². The fraction of sp³-hybridized carbons (Fsp3) is 0.625. The van der Waals surface area contributed by atoms with Crippen LogP contribution in [0.2, 0.25) is 0 Å². The maximum atomic E-state index is 12.3. The van der Waals surface area contributed by atoms with Crippen LogP contribution in [-0.2, 0) is 11.3 Å². The highest BCUT2D eigenvalue weighted by Crippen LogP contribution is 2.23. The van der Waals surface area contributed by atoms with E-state index in [1.807, 2.05) is 0 Å². The number of alkyl halides is 3. The van der Waals surface area contributed by atoms with Crippen LogP contribution in [0.15, 0.2) is 0 Å². The fourth-order valence-corrected chi connectivity index (χ4v) is 1.44. The highest BCUT2D eigenvalue weighted by molar-refractivity contribution is 7.80. The number of hydrogen-bond acceptors (Lipinski definition) is 4. The molecule has 1 aromatic heterocycles. The van der Waals surface area contributed by atoms with E-state index in [1.54, 1.807) is 6.92 Å². The molecule has 96 valence electrons. The lowest BCUT2D eigenvalue weighted by atomic mass is 10.2. The van der Waals surface area contributed by atoms with E-state index in [9.17, 15) is 13.2 Å². The van der Waals surface area contributed by atoms with Gasteiger partial charge in [-0.25, -0.2) is 4.68 Å². The lowest BCUT2D eigenvalue weighted by Gasteiger charge is -2.14. The highest BCUT2D eigenvalue weighted by atomic mass is 32.1. The van der Waals surface area contributed by atoms with Gasteiger partial charge in [0.2, 0.25) is 0 Å². The van der Waals surface area contributed by atoms with E-state index in [2.05, 4.69) is 10.3 Å². The molecule has 0 amide bonds. The summed E-state index contributed by atoms with van der Waals surface area (Å²) in [4.78, 5) is -0.114. The summed E-state index contributed by atoms with van der Waals surface area (Å²) in [6, 6.07) is 0. The van der Waals surface area contributed by atoms with Gasteiger partial charge in [0.25, 0.3) is 0 Å². The van der Waals surface area contributed by atoms with Crippen molar-refractivity contribution in [3.05, 3.63) is 11.4 Å². The molecule has 0 bridgehead atoms. The van der Waals surface area contributed by atoms with E-state index in [-0.39, 0.29) is 16.4 Å². The molecule has 1 unspecified atom stereocenters. The van der Waals surface area contributed by atoms with Crippen LogP contribution in [0.1, 0.15) is 24.4 Å². The molecule has 0 saturated carbocycles. The summed E-state index contributed by atoms with van der Waals surface area (Å²) in [5, 5.41) is 6.93. The van der Waals surface area contributed by atoms with Crippen LogP contribution in [0.5, 0.6) is 0 Å². The Morgan fingerprint density at radius 1 is 1.59 bits per heavy atom. The van der Waals surface area contributed by atoms with E-state index in [0.29, 0.717) is 4.68 Å². The normalized spacial score (nSPS) is 13.7. The van der Waals surface area contributed by atoms with Gasteiger partial charge in [-0.2, -0.15) is 13.2 Å². The minimum Gasteiger partial charge on any atom is -0.388 e. The number of thiocarbonyl (C=S) groups is 1. The van der Waals surface area contributed by atoms with E-state index < -0.39 is 18.8 Å². The minimum atomic E-state index is -4.40. The van der Waals surface area contributed by atoms with Crippen LogP contribution in [-0.4, -0.2) is 33.3 Å². The predicted octanol–water partition coefficient (Wildman–Crippen LogP) is 1.18. The van der Waals surface area contributed by atoms with Gasteiger partial charge in [0.05, 0.1) is 11.8 Å². The Labute approximate surface area is 101 Å². The number of rotatable bonds is 4. The molecule has 0 aliphatic carbocycles. The van der Waals surface area contributed by atoms with Crippen LogP contribution in [0.25, 0.3) is 0 Å². The molecule has 5 nitrogen and oxygen atoms in total. The highest BCUT2D eigenvalue weighted by Gasteiger charge is 2.32. The number of ether oxygens (including phenoxy) is 1. The molecule has 0 aliphatic rings. The van der Waals surface area contributed by atoms with Crippen LogP contribution < -0.4 is 5.73 Å². The summed E-state index contributed by atoms with van der Waals surface area (Å²) in [5.74, 6) is 0. The van der Waals surface area contributed by atoms with Crippen LogP contribution in [0.3, 0.4) is 0 Å². The van der Waals surface area contributed by atoms with Crippen molar-refractivity contribution in [3.63, 3.8) is 0 Å². The molecule has 1 aromatic rings. The van der Waals surface area contributed by atoms with Gasteiger partial charge in [-0.3, -0.25) is 0 Å². The minimum absolute atomic E-state index is 0.0543. The van der Waals surface area contributed by atoms with Crippen molar-refractivity contribution in [2.24, 2.45) is 5.73 Å². The second-order valence-electron chi connectivity index (χ2n) is 3.34. The monoisotopic (exact) mass is 268 g/mol. The molecule has 0 radical (unpaired) electrons. The van der Waals surface area contributed by atoms with Crippen molar-refractivity contribution >= 4 is 17.2 Å². The Hall–Kier alpha value is -1.22. The number of halogens is 3. The predicted molar refractivity (Wildman–Crippen MR) is 57.4 cm³/mol. The first-order chi connectivity index (χ1) is 7.76. The van der Waals surface area contributed by atoms with E-state index >= 15 is 0 Å². The summed E-state index contributed by atoms with van der Waals surface area (Å²) >= 11 is 4.70. The molecule has 0 saturated heterocycles. The van der Waals surface area contributed by atoms with E-state index in [1.165, 1.54) is 7.11 Å². The number of methoxy groups -OCH3 is 1. The number of nitrogens with zero attached hydrogens (tertiary/aromatic N) is 3. The summed E-state index contributed by atoms with van der Waals surface area (Å²) in [5.41, 5.74) is 5.54. The second kappa shape index (κ2) is 4.96. The first-order valence-electron chi connectivity index (χ1n) is 4.59. The first-order valence-corrected chi connectivity index (χ1v) is 4.99. The largest absolute Gasteiger partial charge is 0.408 e. The van der Waals surface area contributed by atoms with E-state index in [4.69, 9.17) is 22.7 Å². The van der Waals surface area contributed by atoms with Crippen LogP contribution in [0, 0.1) is 0 Å². The van der Waals surface area contributed by atoms with Crippen molar-refractivity contribution < 1.29 is 17.9 Å². The Bertz CT molecular complexity index is 417. The van der Waals surface area contributed by atoms with Crippen LogP contribution in [0.4, 0.5) is 13.2 Å². The number of nitrogens with two attached hydrogens (primary N) is 1. The van der Waals surface area contributed by atoms with Gasteiger partial charge in [0.1, 0.15) is 17.2 Å². The average molecular weight is 268 g/mol. The standard InChI is InChI=1S/C8H11F3N4OS/c1-4(16-2)6-5(7(12)17)13-14-15(6)3-8(9,10)11/h4H,3H2,1-2H3,(H2,12,17). The third kappa shape index (κ3) is 3.37. The van der Waals surface area contributed by atoms with Crippen molar-refractivity contribution in [3.8, 4) is 0 Å². The molecule has 2 N–H and O–H groups in total. The molecule has 1 atom stereocenters. The molecular weight excluding hydrogens is 257 g/mol. The molecular formula is C8H11F3N4OS. The van der Waals surface area contributed by atoms with Crippen LogP contribution >= 0.6 is 12.2 Å². The average Bonchev–Trinajstić information content (AvgIpc) is 2.57. The molecule has 1 rings (SSSR count). The second-order valence-corrected chi connectivity index (χ2v) is 3.78. The van der Waals surface area contributed by atoms with Crippen molar-refractivity contribution in [1.29, 1.82) is 0 Å². The number of aromatic nitrogens is 3. The molecule has 0 fully saturated rings. The quantitative estimate of drug-likeness (QED) is 0.831. The maximum absolute atomic E-state index is 12.3. The summed E-state index contributed by atoms with van der Waals surface area (Å²) in [7, 11) is 1.36. The molecule has 0 spiro atoms. The summed E-state index contributed by atoms with van der Waals surface area (Å²) in [6.45, 7) is 0.305. The summed E-state index contributed by atoms with van der Waals surface area (Å²) in [6.07, 6.45) is -5.03. The lowest BCUT2D eigenvalue weighted by Crippen LogP contribution is -2.23. The first kappa shape index (κ1) is 13.8.